The van der Waals surface area contributed by atoms with Crippen LogP contribution in [-0.2, 0) is 0 Å². The number of furan rings is 1. The van der Waals surface area contributed by atoms with Crippen molar-refractivity contribution in [3.8, 4) is 11.3 Å². The van der Waals surface area contributed by atoms with Gasteiger partial charge < -0.3 is 4.42 Å². The van der Waals surface area contributed by atoms with Gasteiger partial charge in [0.15, 0.2) is 5.58 Å². The van der Waals surface area contributed by atoms with Crippen LogP contribution < -0.4 is 0 Å². The lowest BCUT2D eigenvalue weighted by atomic mass is 10.0. The molecule has 0 aliphatic rings. The van der Waals surface area contributed by atoms with Crippen molar-refractivity contribution in [1.29, 1.82) is 0 Å². The molecule has 3 aromatic heterocycles. The van der Waals surface area contributed by atoms with Gasteiger partial charge in [-0.1, -0.05) is 26.0 Å². The van der Waals surface area contributed by atoms with Gasteiger partial charge in [0.25, 0.3) is 0 Å². The van der Waals surface area contributed by atoms with Crippen molar-refractivity contribution in [1.82, 2.24) is 9.97 Å². The van der Waals surface area contributed by atoms with Crippen LogP contribution in [0.5, 0.6) is 0 Å². The monoisotopic (exact) mass is 302 g/mol. The molecular weight excluding hydrogens is 284 g/mol. The highest BCUT2D eigenvalue weighted by molar-refractivity contribution is 6.08. The van der Waals surface area contributed by atoms with E-state index in [9.17, 15) is 0 Å². The van der Waals surface area contributed by atoms with Gasteiger partial charge in [-0.15, -0.1) is 0 Å². The molecule has 0 bridgehead atoms. The number of aromatic nitrogens is 2. The summed E-state index contributed by atoms with van der Waals surface area (Å²) in [7, 11) is 0. The van der Waals surface area contributed by atoms with Crippen LogP contribution >= 0.6 is 0 Å². The van der Waals surface area contributed by atoms with Gasteiger partial charge in [-0.05, 0) is 42.7 Å². The smallest absolute Gasteiger partial charge is 0.157 e. The van der Waals surface area contributed by atoms with Gasteiger partial charge in [0.05, 0.1) is 5.69 Å². The Hall–Kier alpha value is -2.68. The summed E-state index contributed by atoms with van der Waals surface area (Å²) in [5.41, 5.74) is 6.95. The normalized spacial score (nSPS) is 11.7. The fourth-order valence-electron chi connectivity index (χ4n) is 2.98. The highest BCUT2D eigenvalue weighted by atomic mass is 16.3. The second kappa shape index (κ2) is 5.20. The number of benzene rings is 1. The molecule has 0 radical (unpaired) electrons. The molecule has 0 atom stereocenters. The maximum Gasteiger partial charge on any atom is 0.157 e. The lowest BCUT2D eigenvalue weighted by Gasteiger charge is -2.04. The minimum absolute atomic E-state index is 0.391. The van der Waals surface area contributed by atoms with Crippen molar-refractivity contribution in [3.05, 3.63) is 59.9 Å². The molecule has 114 valence electrons. The van der Waals surface area contributed by atoms with Crippen molar-refractivity contribution < 1.29 is 4.42 Å². The van der Waals surface area contributed by atoms with Crippen LogP contribution in [0.4, 0.5) is 0 Å². The number of para-hydroxylation sites is 1. The summed E-state index contributed by atoms with van der Waals surface area (Å²) < 4.78 is 6.26. The second-order valence-corrected chi connectivity index (χ2v) is 6.24. The van der Waals surface area contributed by atoms with Gasteiger partial charge >= 0.3 is 0 Å². The van der Waals surface area contributed by atoms with E-state index in [1.807, 2.05) is 37.5 Å². The Balaban J connectivity index is 2.06. The highest BCUT2D eigenvalue weighted by Crippen LogP contribution is 2.36. The maximum absolute atomic E-state index is 6.26. The Morgan fingerprint density at radius 1 is 0.957 bits per heavy atom. The number of hydrogen-bond donors (Lipinski definition) is 0. The Bertz CT molecular complexity index is 997. The van der Waals surface area contributed by atoms with Crippen molar-refractivity contribution in [2.24, 2.45) is 0 Å². The molecule has 3 heterocycles. The molecule has 0 spiro atoms. The fraction of sp³-hybridized carbons (Fsp3) is 0.200. The Morgan fingerprint density at radius 2 is 1.83 bits per heavy atom. The van der Waals surface area contributed by atoms with Gasteiger partial charge in [0, 0.05) is 28.9 Å². The minimum atomic E-state index is 0.391. The first kappa shape index (κ1) is 13.9. The largest absolute Gasteiger partial charge is 0.453 e. The first-order valence-corrected chi connectivity index (χ1v) is 7.88. The summed E-state index contributed by atoms with van der Waals surface area (Å²) in [6.07, 6.45) is 3.75. The highest BCUT2D eigenvalue weighted by Gasteiger charge is 2.17. The first-order valence-electron chi connectivity index (χ1n) is 7.88. The molecule has 4 rings (SSSR count). The number of aryl methyl sites for hydroxylation is 1. The Labute approximate surface area is 135 Å². The third-order valence-electron chi connectivity index (χ3n) is 4.22. The molecule has 3 heteroatoms. The molecule has 4 aromatic rings. The number of nitrogens with zero attached hydrogens (tertiary/aromatic N) is 2. The lowest BCUT2D eigenvalue weighted by molar-refractivity contribution is 0.656. The molecular formula is C20H18N2O. The topological polar surface area (TPSA) is 38.9 Å². The van der Waals surface area contributed by atoms with Crippen LogP contribution in [0.1, 0.15) is 30.9 Å². The lowest BCUT2D eigenvalue weighted by Crippen LogP contribution is -1.88. The summed E-state index contributed by atoms with van der Waals surface area (Å²) in [5, 5.41) is 1.04. The average molecular weight is 302 g/mol. The molecule has 0 aliphatic heterocycles. The zero-order valence-corrected chi connectivity index (χ0v) is 13.5. The van der Waals surface area contributed by atoms with Gasteiger partial charge in [-0.2, -0.15) is 0 Å². The quantitative estimate of drug-likeness (QED) is 0.492. The predicted molar refractivity (Wildman–Crippen MR) is 93.6 cm³/mol. The van der Waals surface area contributed by atoms with E-state index in [-0.39, 0.29) is 0 Å². The molecule has 0 saturated heterocycles. The molecule has 0 unspecified atom stereocenters. The van der Waals surface area contributed by atoms with Crippen LogP contribution in [0.25, 0.3) is 33.3 Å². The number of pyridine rings is 2. The fourth-order valence-corrected chi connectivity index (χ4v) is 2.98. The van der Waals surface area contributed by atoms with Crippen LogP contribution in [0.2, 0.25) is 0 Å². The molecule has 0 amide bonds. The van der Waals surface area contributed by atoms with Crippen molar-refractivity contribution in [2.45, 2.75) is 26.7 Å². The standard InChI is InChI=1S/C20H18N2O/c1-12(2)14-9-10-21-18-16-6-4-5-15(19(16)23-20(14)18)17-8-7-13(3)11-22-17/h4-12H,1-3H3. The molecule has 0 fully saturated rings. The zero-order chi connectivity index (χ0) is 16.0. The van der Waals surface area contributed by atoms with E-state index in [0.717, 1.165) is 38.9 Å². The average Bonchev–Trinajstić information content (AvgIpc) is 2.94. The van der Waals surface area contributed by atoms with E-state index in [1.54, 1.807) is 0 Å². The molecule has 23 heavy (non-hydrogen) atoms. The summed E-state index contributed by atoms with van der Waals surface area (Å²) in [4.78, 5) is 9.09. The minimum Gasteiger partial charge on any atom is -0.453 e. The van der Waals surface area contributed by atoms with E-state index in [0.29, 0.717) is 5.92 Å². The van der Waals surface area contributed by atoms with E-state index >= 15 is 0 Å². The van der Waals surface area contributed by atoms with E-state index in [2.05, 4.69) is 42.0 Å². The molecule has 0 saturated carbocycles. The SMILES string of the molecule is Cc1ccc(-c2cccc3c2oc2c(C(C)C)ccnc23)nc1. The van der Waals surface area contributed by atoms with Crippen molar-refractivity contribution >= 4 is 22.1 Å². The molecule has 3 nitrogen and oxygen atoms in total. The van der Waals surface area contributed by atoms with Crippen molar-refractivity contribution in [2.75, 3.05) is 0 Å². The first-order chi connectivity index (χ1) is 11.1. The number of fused-ring (bicyclic) bond motifs is 3. The third-order valence-corrected chi connectivity index (χ3v) is 4.22. The number of rotatable bonds is 2. The zero-order valence-electron chi connectivity index (χ0n) is 13.5. The van der Waals surface area contributed by atoms with Crippen LogP contribution in [0.3, 0.4) is 0 Å². The molecule has 1 aromatic carbocycles. The summed E-state index contributed by atoms with van der Waals surface area (Å²) in [5.74, 6) is 0.391. The predicted octanol–water partition coefficient (Wildman–Crippen LogP) is 5.47. The van der Waals surface area contributed by atoms with Crippen LogP contribution in [-0.4, -0.2) is 9.97 Å². The Morgan fingerprint density at radius 3 is 2.57 bits per heavy atom. The van der Waals surface area contributed by atoms with Crippen LogP contribution in [0, 0.1) is 6.92 Å². The second-order valence-electron chi connectivity index (χ2n) is 6.24. The molecule has 0 aliphatic carbocycles. The van der Waals surface area contributed by atoms with Gasteiger partial charge in [-0.3, -0.25) is 9.97 Å². The van der Waals surface area contributed by atoms with Gasteiger partial charge in [-0.25, -0.2) is 0 Å². The molecule has 0 N–H and O–H groups in total. The van der Waals surface area contributed by atoms with E-state index in [4.69, 9.17) is 4.42 Å². The van der Waals surface area contributed by atoms with Crippen LogP contribution in [0.15, 0.2) is 53.2 Å². The van der Waals surface area contributed by atoms with E-state index < -0.39 is 0 Å². The number of hydrogen-bond acceptors (Lipinski definition) is 3. The third kappa shape index (κ3) is 2.20. The van der Waals surface area contributed by atoms with E-state index in [1.165, 1.54) is 5.56 Å². The van der Waals surface area contributed by atoms with Gasteiger partial charge in [0.2, 0.25) is 0 Å². The van der Waals surface area contributed by atoms with Gasteiger partial charge in [0.1, 0.15) is 11.1 Å². The summed E-state index contributed by atoms with van der Waals surface area (Å²) >= 11 is 0. The summed E-state index contributed by atoms with van der Waals surface area (Å²) in [6.45, 7) is 6.38. The summed E-state index contributed by atoms with van der Waals surface area (Å²) in [6, 6.07) is 12.3. The Kier molecular flexibility index (Phi) is 3.15. The van der Waals surface area contributed by atoms with Crippen molar-refractivity contribution in [3.63, 3.8) is 0 Å². The maximum atomic E-state index is 6.26.